The highest BCUT2D eigenvalue weighted by molar-refractivity contribution is 5.98. The molecule has 0 aromatic heterocycles. The minimum Gasteiger partial charge on any atom is -0.491 e. The summed E-state index contributed by atoms with van der Waals surface area (Å²) in [6, 6.07) is 5.38. The van der Waals surface area contributed by atoms with Crippen LogP contribution in [-0.4, -0.2) is 30.1 Å². The standard InChI is InChI=1S/C16H22N2O5/c1-9(2)13(14(19)18-16(17)21)23-15(20)11-5-7-12(8-6-11)22-10(3)4/h5-10,13H,1-4H3,(H3,17,18,19,21). The topological polar surface area (TPSA) is 108 Å². The highest BCUT2D eigenvalue weighted by atomic mass is 16.5. The van der Waals surface area contributed by atoms with Crippen molar-refractivity contribution in [1.82, 2.24) is 5.32 Å². The normalized spacial score (nSPS) is 11.9. The van der Waals surface area contributed by atoms with Crippen molar-refractivity contribution < 1.29 is 23.9 Å². The molecule has 1 rings (SSSR count). The first kappa shape index (κ1) is 18.5. The van der Waals surface area contributed by atoms with Crippen LogP contribution in [0, 0.1) is 5.92 Å². The number of nitrogens with one attached hydrogen (secondary N) is 1. The number of hydrogen-bond acceptors (Lipinski definition) is 5. The molecule has 1 aromatic rings. The van der Waals surface area contributed by atoms with Crippen molar-refractivity contribution in [3.63, 3.8) is 0 Å². The van der Waals surface area contributed by atoms with E-state index in [0.29, 0.717) is 5.75 Å². The minimum atomic E-state index is -1.11. The van der Waals surface area contributed by atoms with Crippen molar-refractivity contribution in [2.24, 2.45) is 11.7 Å². The molecule has 0 aliphatic heterocycles. The molecule has 0 saturated carbocycles. The molecule has 0 radical (unpaired) electrons. The summed E-state index contributed by atoms with van der Waals surface area (Å²) < 4.78 is 10.7. The summed E-state index contributed by atoms with van der Waals surface area (Å²) in [5.74, 6) is -1.11. The molecule has 0 fully saturated rings. The molecule has 0 spiro atoms. The molecule has 1 atom stereocenters. The van der Waals surface area contributed by atoms with Gasteiger partial charge in [0.25, 0.3) is 5.91 Å². The van der Waals surface area contributed by atoms with Crippen molar-refractivity contribution in [1.29, 1.82) is 0 Å². The number of carbonyl (C=O) groups excluding carboxylic acids is 3. The Morgan fingerprint density at radius 2 is 1.61 bits per heavy atom. The number of amides is 3. The van der Waals surface area contributed by atoms with Crippen LogP contribution in [0.5, 0.6) is 5.75 Å². The van der Waals surface area contributed by atoms with E-state index < -0.39 is 24.0 Å². The number of carbonyl (C=O) groups is 3. The van der Waals surface area contributed by atoms with E-state index in [9.17, 15) is 14.4 Å². The number of nitrogens with two attached hydrogens (primary N) is 1. The smallest absolute Gasteiger partial charge is 0.338 e. The molecule has 0 aliphatic rings. The monoisotopic (exact) mass is 322 g/mol. The zero-order chi connectivity index (χ0) is 17.6. The van der Waals surface area contributed by atoms with Crippen molar-refractivity contribution in [3.8, 4) is 5.75 Å². The molecule has 0 bridgehead atoms. The molecule has 3 amide bonds. The van der Waals surface area contributed by atoms with E-state index in [2.05, 4.69) is 0 Å². The quantitative estimate of drug-likeness (QED) is 0.777. The van der Waals surface area contributed by atoms with Gasteiger partial charge in [0, 0.05) is 0 Å². The van der Waals surface area contributed by atoms with Crippen LogP contribution in [0.2, 0.25) is 0 Å². The molecule has 1 aromatic carbocycles. The van der Waals surface area contributed by atoms with Crippen molar-refractivity contribution in [3.05, 3.63) is 29.8 Å². The van der Waals surface area contributed by atoms with E-state index in [4.69, 9.17) is 15.2 Å². The summed E-state index contributed by atoms with van der Waals surface area (Å²) in [5, 5.41) is 1.91. The average molecular weight is 322 g/mol. The van der Waals surface area contributed by atoms with Crippen molar-refractivity contribution >= 4 is 17.9 Å². The maximum absolute atomic E-state index is 12.1. The molecule has 7 heteroatoms. The van der Waals surface area contributed by atoms with Gasteiger partial charge in [-0.2, -0.15) is 0 Å². The van der Waals surface area contributed by atoms with Gasteiger partial charge in [0.1, 0.15) is 5.75 Å². The fourth-order valence-electron chi connectivity index (χ4n) is 1.81. The second-order valence-corrected chi connectivity index (χ2v) is 5.61. The zero-order valence-electron chi connectivity index (χ0n) is 13.7. The Morgan fingerprint density at radius 3 is 2.04 bits per heavy atom. The predicted molar refractivity (Wildman–Crippen MR) is 84.0 cm³/mol. The molecular formula is C16H22N2O5. The Morgan fingerprint density at radius 1 is 1.04 bits per heavy atom. The second-order valence-electron chi connectivity index (χ2n) is 5.61. The lowest BCUT2D eigenvalue weighted by atomic mass is 10.1. The van der Waals surface area contributed by atoms with Gasteiger partial charge in [0.2, 0.25) is 0 Å². The third-order valence-corrected chi connectivity index (χ3v) is 2.81. The summed E-state index contributed by atoms with van der Waals surface area (Å²) in [7, 11) is 0. The first-order valence-corrected chi connectivity index (χ1v) is 7.28. The molecule has 7 nitrogen and oxygen atoms in total. The number of ether oxygens (including phenoxy) is 2. The molecule has 0 saturated heterocycles. The Balaban J connectivity index is 2.78. The van der Waals surface area contributed by atoms with Crippen LogP contribution in [0.1, 0.15) is 38.1 Å². The van der Waals surface area contributed by atoms with E-state index in [1.54, 1.807) is 38.1 Å². The number of primary amides is 1. The number of hydrogen-bond donors (Lipinski definition) is 2. The summed E-state index contributed by atoms with van der Waals surface area (Å²) in [5.41, 5.74) is 5.18. The first-order chi connectivity index (χ1) is 10.7. The van der Waals surface area contributed by atoms with Gasteiger partial charge < -0.3 is 15.2 Å². The van der Waals surface area contributed by atoms with Crippen LogP contribution in [0.4, 0.5) is 4.79 Å². The Labute approximate surface area is 135 Å². The van der Waals surface area contributed by atoms with Gasteiger partial charge in [-0.25, -0.2) is 9.59 Å². The predicted octanol–water partition coefficient (Wildman–Crippen LogP) is 1.85. The molecular weight excluding hydrogens is 300 g/mol. The van der Waals surface area contributed by atoms with E-state index >= 15 is 0 Å². The van der Waals surface area contributed by atoms with E-state index in [1.807, 2.05) is 19.2 Å². The van der Waals surface area contributed by atoms with E-state index in [1.165, 1.54) is 0 Å². The van der Waals surface area contributed by atoms with Crippen LogP contribution in [0.3, 0.4) is 0 Å². The fourth-order valence-corrected chi connectivity index (χ4v) is 1.81. The average Bonchev–Trinajstić information content (AvgIpc) is 2.43. The first-order valence-electron chi connectivity index (χ1n) is 7.28. The maximum Gasteiger partial charge on any atom is 0.338 e. The third-order valence-electron chi connectivity index (χ3n) is 2.81. The molecule has 3 N–H and O–H groups in total. The molecule has 23 heavy (non-hydrogen) atoms. The van der Waals surface area contributed by atoms with Gasteiger partial charge in [-0.05, 0) is 44.0 Å². The highest BCUT2D eigenvalue weighted by Gasteiger charge is 2.27. The van der Waals surface area contributed by atoms with Gasteiger partial charge in [0.15, 0.2) is 6.10 Å². The number of imide groups is 1. The Hall–Kier alpha value is -2.57. The lowest BCUT2D eigenvalue weighted by molar-refractivity contribution is -0.130. The third kappa shape index (κ3) is 5.98. The van der Waals surface area contributed by atoms with Crippen LogP contribution >= 0.6 is 0 Å². The van der Waals surface area contributed by atoms with Crippen LogP contribution in [0.25, 0.3) is 0 Å². The van der Waals surface area contributed by atoms with Gasteiger partial charge in [0.05, 0.1) is 11.7 Å². The van der Waals surface area contributed by atoms with Gasteiger partial charge >= 0.3 is 12.0 Å². The lowest BCUT2D eigenvalue weighted by Gasteiger charge is -2.20. The largest absolute Gasteiger partial charge is 0.491 e. The van der Waals surface area contributed by atoms with Gasteiger partial charge in [-0.3, -0.25) is 10.1 Å². The summed E-state index contributed by atoms with van der Waals surface area (Å²) in [4.78, 5) is 34.7. The van der Waals surface area contributed by atoms with Crippen LogP contribution in [0.15, 0.2) is 24.3 Å². The maximum atomic E-state index is 12.1. The number of benzene rings is 1. The van der Waals surface area contributed by atoms with Gasteiger partial charge in [-0.1, -0.05) is 13.8 Å². The van der Waals surface area contributed by atoms with Crippen molar-refractivity contribution in [2.75, 3.05) is 0 Å². The Bertz CT molecular complexity index is 566. The lowest BCUT2D eigenvalue weighted by Crippen LogP contribution is -2.45. The molecule has 0 aliphatic carbocycles. The highest BCUT2D eigenvalue weighted by Crippen LogP contribution is 2.16. The summed E-state index contributed by atoms with van der Waals surface area (Å²) >= 11 is 0. The van der Waals surface area contributed by atoms with Crippen LogP contribution < -0.4 is 15.8 Å². The van der Waals surface area contributed by atoms with E-state index in [-0.39, 0.29) is 17.6 Å². The number of esters is 1. The SMILES string of the molecule is CC(C)Oc1ccc(C(=O)OC(C(=O)NC(N)=O)C(C)C)cc1. The van der Waals surface area contributed by atoms with Gasteiger partial charge in [-0.15, -0.1) is 0 Å². The molecule has 126 valence electrons. The molecule has 1 unspecified atom stereocenters. The number of urea groups is 1. The zero-order valence-corrected chi connectivity index (χ0v) is 13.7. The van der Waals surface area contributed by atoms with E-state index in [0.717, 1.165) is 0 Å². The van der Waals surface area contributed by atoms with Crippen molar-refractivity contribution in [2.45, 2.75) is 39.9 Å². The number of rotatable bonds is 6. The fraction of sp³-hybridized carbons (Fsp3) is 0.438. The minimum absolute atomic E-state index is 0.0237. The summed E-state index contributed by atoms with van der Waals surface area (Å²) in [6.45, 7) is 7.18. The summed E-state index contributed by atoms with van der Waals surface area (Å²) in [6.07, 6.45) is -1.09. The second kappa shape index (κ2) is 8.17. The Kier molecular flexibility index (Phi) is 6.56. The van der Waals surface area contributed by atoms with Crippen LogP contribution in [-0.2, 0) is 9.53 Å². The molecule has 0 heterocycles.